The fourth-order valence-corrected chi connectivity index (χ4v) is 2.79. The zero-order valence-electron chi connectivity index (χ0n) is 10.6. The number of aliphatic hydroxyl groups is 3. The molecule has 16 heavy (non-hydrogen) atoms. The average Bonchev–Trinajstić information content (AvgIpc) is 2.71. The summed E-state index contributed by atoms with van der Waals surface area (Å²) in [7, 11) is 0. The van der Waals surface area contributed by atoms with E-state index in [9.17, 15) is 15.3 Å². The lowest BCUT2D eigenvalue weighted by Gasteiger charge is -2.45. The van der Waals surface area contributed by atoms with Crippen LogP contribution in [0.2, 0.25) is 0 Å². The molecule has 0 aliphatic carbocycles. The first-order valence-electron chi connectivity index (χ1n) is 6.28. The molecule has 0 bridgehead atoms. The number of hydrogen-bond acceptors (Lipinski definition) is 4. The van der Waals surface area contributed by atoms with Crippen LogP contribution in [-0.4, -0.2) is 44.8 Å². The number of hydrogen-bond donors (Lipinski definition) is 3. The predicted octanol–water partition coefficient (Wildman–Crippen LogP) is 0.908. The van der Waals surface area contributed by atoms with E-state index in [1.54, 1.807) is 13.8 Å². The maximum Gasteiger partial charge on any atom is 0.169 e. The van der Waals surface area contributed by atoms with Gasteiger partial charge in [-0.1, -0.05) is 13.8 Å². The Morgan fingerprint density at radius 1 is 1.12 bits per heavy atom. The third kappa shape index (κ3) is 2.56. The Bertz CT molecular complexity index is 222. The lowest BCUT2D eigenvalue weighted by Crippen LogP contribution is -2.58. The van der Waals surface area contributed by atoms with Crippen molar-refractivity contribution in [2.45, 2.75) is 58.0 Å². The highest BCUT2D eigenvalue weighted by atomic mass is 16.5. The number of rotatable bonds is 5. The van der Waals surface area contributed by atoms with Crippen LogP contribution < -0.4 is 0 Å². The molecule has 96 valence electrons. The molecule has 1 fully saturated rings. The summed E-state index contributed by atoms with van der Waals surface area (Å²) in [4.78, 5) is 1.96. The summed E-state index contributed by atoms with van der Waals surface area (Å²) < 4.78 is 0. The zero-order valence-corrected chi connectivity index (χ0v) is 10.6. The van der Waals surface area contributed by atoms with Crippen molar-refractivity contribution in [3.63, 3.8) is 0 Å². The van der Waals surface area contributed by atoms with Crippen molar-refractivity contribution in [3.05, 3.63) is 0 Å². The normalized spacial score (nSPS) is 24.4. The molecule has 1 aliphatic rings. The molecule has 0 aromatic heterocycles. The quantitative estimate of drug-likeness (QED) is 0.615. The standard InChI is InChI=1S/C12H25NO3/c1-4-10(12(15,16)5-2)11(3,14)13-8-6-7-9-13/h10,14-16H,4-9H2,1-3H3/t10-,11-/m1/s1. The van der Waals surface area contributed by atoms with Gasteiger partial charge in [0.2, 0.25) is 0 Å². The maximum atomic E-state index is 10.5. The molecule has 0 unspecified atom stereocenters. The molecule has 0 spiro atoms. The van der Waals surface area contributed by atoms with Crippen LogP contribution in [0.3, 0.4) is 0 Å². The maximum absolute atomic E-state index is 10.5. The van der Waals surface area contributed by atoms with Crippen LogP contribution in [0.1, 0.15) is 46.5 Å². The van der Waals surface area contributed by atoms with E-state index in [2.05, 4.69) is 0 Å². The molecule has 1 heterocycles. The zero-order chi connectivity index (χ0) is 12.4. The van der Waals surface area contributed by atoms with Gasteiger partial charge in [-0.05, 0) is 32.6 Å². The molecule has 1 rings (SSSR count). The SMILES string of the molecule is CC[C@@H](C(O)(O)CC)[C@@](C)(O)N1CCCC1. The summed E-state index contributed by atoms with van der Waals surface area (Å²) in [5, 5.41) is 30.4. The van der Waals surface area contributed by atoms with Gasteiger partial charge >= 0.3 is 0 Å². The van der Waals surface area contributed by atoms with Gasteiger partial charge in [0.1, 0.15) is 5.72 Å². The first kappa shape index (κ1) is 13.9. The van der Waals surface area contributed by atoms with E-state index in [-0.39, 0.29) is 6.42 Å². The minimum atomic E-state index is -1.79. The highest BCUT2D eigenvalue weighted by Gasteiger charge is 2.47. The lowest BCUT2D eigenvalue weighted by molar-refractivity contribution is -0.271. The van der Waals surface area contributed by atoms with Crippen molar-refractivity contribution in [2.24, 2.45) is 5.92 Å². The lowest BCUT2D eigenvalue weighted by atomic mass is 9.83. The van der Waals surface area contributed by atoms with Gasteiger partial charge in [-0.2, -0.15) is 0 Å². The molecular formula is C12H25NO3. The van der Waals surface area contributed by atoms with Crippen LogP contribution in [0.4, 0.5) is 0 Å². The first-order valence-corrected chi connectivity index (χ1v) is 6.28. The van der Waals surface area contributed by atoms with Crippen molar-refractivity contribution >= 4 is 0 Å². The van der Waals surface area contributed by atoms with Crippen LogP contribution in [0.5, 0.6) is 0 Å². The van der Waals surface area contributed by atoms with Gasteiger partial charge < -0.3 is 15.3 Å². The van der Waals surface area contributed by atoms with Gasteiger partial charge in [0.25, 0.3) is 0 Å². The number of likely N-dealkylation sites (tertiary alicyclic amines) is 1. The molecule has 4 heteroatoms. The molecule has 3 N–H and O–H groups in total. The van der Waals surface area contributed by atoms with Gasteiger partial charge in [-0.25, -0.2) is 0 Å². The second kappa shape index (κ2) is 5.00. The van der Waals surface area contributed by atoms with E-state index in [0.717, 1.165) is 25.9 Å². The van der Waals surface area contributed by atoms with E-state index < -0.39 is 17.4 Å². The predicted molar refractivity (Wildman–Crippen MR) is 62.7 cm³/mol. The average molecular weight is 231 g/mol. The second-order valence-electron chi connectivity index (χ2n) is 4.98. The largest absolute Gasteiger partial charge is 0.375 e. The fourth-order valence-electron chi connectivity index (χ4n) is 2.79. The van der Waals surface area contributed by atoms with Crippen LogP contribution in [0.15, 0.2) is 0 Å². The Hall–Kier alpha value is -0.160. The topological polar surface area (TPSA) is 63.9 Å². The van der Waals surface area contributed by atoms with E-state index in [0.29, 0.717) is 6.42 Å². The Balaban J connectivity index is 2.84. The molecule has 1 saturated heterocycles. The summed E-state index contributed by atoms with van der Waals surface area (Å²) in [5.74, 6) is -2.33. The molecule has 0 aromatic rings. The Kier molecular flexibility index (Phi) is 4.35. The summed E-state index contributed by atoms with van der Waals surface area (Å²) in [6.07, 6.45) is 2.92. The van der Waals surface area contributed by atoms with Crippen molar-refractivity contribution in [1.82, 2.24) is 4.90 Å². The van der Waals surface area contributed by atoms with E-state index in [1.807, 2.05) is 11.8 Å². The van der Waals surface area contributed by atoms with Gasteiger partial charge in [0, 0.05) is 13.1 Å². The molecule has 0 radical (unpaired) electrons. The highest BCUT2D eigenvalue weighted by Crippen LogP contribution is 2.35. The highest BCUT2D eigenvalue weighted by molar-refractivity contribution is 4.91. The van der Waals surface area contributed by atoms with Gasteiger partial charge in [-0.3, -0.25) is 4.90 Å². The third-order valence-electron chi connectivity index (χ3n) is 3.89. The monoisotopic (exact) mass is 231 g/mol. The number of nitrogens with zero attached hydrogens (tertiary/aromatic N) is 1. The minimum absolute atomic E-state index is 0.232. The van der Waals surface area contributed by atoms with Crippen LogP contribution in [-0.2, 0) is 0 Å². The Morgan fingerprint density at radius 3 is 2.00 bits per heavy atom. The van der Waals surface area contributed by atoms with Crippen LogP contribution in [0, 0.1) is 5.92 Å². The Morgan fingerprint density at radius 2 is 1.62 bits per heavy atom. The molecule has 0 amide bonds. The molecule has 0 saturated carbocycles. The van der Waals surface area contributed by atoms with Crippen molar-refractivity contribution in [1.29, 1.82) is 0 Å². The molecule has 1 aliphatic heterocycles. The molecular weight excluding hydrogens is 206 g/mol. The summed E-state index contributed by atoms with van der Waals surface area (Å²) >= 11 is 0. The third-order valence-corrected chi connectivity index (χ3v) is 3.89. The van der Waals surface area contributed by atoms with Crippen LogP contribution >= 0.6 is 0 Å². The Labute approximate surface area is 97.9 Å². The van der Waals surface area contributed by atoms with Gasteiger partial charge in [0.05, 0.1) is 5.92 Å². The van der Waals surface area contributed by atoms with Gasteiger partial charge in [-0.15, -0.1) is 0 Å². The van der Waals surface area contributed by atoms with E-state index in [1.165, 1.54) is 0 Å². The summed E-state index contributed by atoms with van der Waals surface area (Å²) in [5.41, 5.74) is -1.13. The second-order valence-corrected chi connectivity index (χ2v) is 4.98. The van der Waals surface area contributed by atoms with Crippen molar-refractivity contribution in [2.75, 3.05) is 13.1 Å². The fraction of sp³-hybridized carbons (Fsp3) is 1.00. The molecule has 0 aromatic carbocycles. The first-order chi connectivity index (χ1) is 7.36. The molecule has 4 nitrogen and oxygen atoms in total. The van der Waals surface area contributed by atoms with E-state index in [4.69, 9.17) is 0 Å². The smallest absolute Gasteiger partial charge is 0.169 e. The van der Waals surface area contributed by atoms with Crippen LogP contribution in [0.25, 0.3) is 0 Å². The van der Waals surface area contributed by atoms with Crippen molar-refractivity contribution < 1.29 is 15.3 Å². The van der Waals surface area contributed by atoms with Crippen molar-refractivity contribution in [3.8, 4) is 0 Å². The minimum Gasteiger partial charge on any atom is -0.375 e. The summed E-state index contributed by atoms with van der Waals surface area (Å²) in [6, 6.07) is 0. The van der Waals surface area contributed by atoms with Gasteiger partial charge in [0.15, 0.2) is 5.79 Å². The molecule has 2 atom stereocenters. The van der Waals surface area contributed by atoms with E-state index >= 15 is 0 Å². The summed E-state index contributed by atoms with van der Waals surface area (Å²) in [6.45, 7) is 6.98.